The number of likely N-dealkylation sites (tertiary alicyclic amines) is 1. The number of hydrogen-bond donors (Lipinski definition) is 3. The summed E-state index contributed by atoms with van der Waals surface area (Å²) in [6, 6.07) is 13.5. The number of anilines is 1. The van der Waals surface area contributed by atoms with Gasteiger partial charge in [0, 0.05) is 61.9 Å². The quantitative estimate of drug-likeness (QED) is 0.281. The first-order valence-electron chi connectivity index (χ1n) is 13.1. The summed E-state index contributed by atoms with van der Waals surface area (Å²) < 4.78 is 3.30. The molecular formula is C29H33ClN8O2. The molecule has 0 radical (unpaired) electrons. The summed E-state index contributed by atoms with van der Waals surface area (Å²) >= 11 is 6.58. The molecule has 0 spiro atoms. The Hall–Kier alpha value is -3.83. The molecule has 0 bridgehead atoms. The van der Waals surface area contributed by atoms with E-state index in [2.05, 4.69) is 19.9 Å². The fourth-order valence-electron chi connectivity index (χ4n) is 5.06. The number of halogens is 1. The van der Waals surface area contributed by atoms with Gasteiger partial charge in [0.1, 0.15) is 11.4 Å². The van der Waals surface area contributed by atoms with Crippen molar-refractivity contribution in [1.29, 1.82) is 0 Å². The molecule has 1 fully saturated rings. The number of aliphatic hydroxyl groups is 1. The number of hydrogen-bond acceptors (Lipinski definition) is 8. The molecule has 4 aromatic rings. The van der Waals surface area contributed by atoms with E-state index in [1.165, 1.54) is 10.9 Å². The van der Waals surface area contributed by atoms with Crippen molar-refractivity contribution in [1.82, 2.24) is 24.0 Å². The number of piperidine rings is 1. The molecule has 0 amide bonds. The van der Waals surface area contributed by atoms with Crippen molar-refractivity contribution >= 4 is 23.0 Å². The standard InChI is InChI=1S/C29H33ClN8O2/c1-33-26(21-4-2-20(15-31)3-5-21)27-25(32)28(39)38(19-35-27)17-29(40)8-11-36(12-9-29)16-22-6-7-23(14-24(22)30)37-13-10-34-18-37/h2-7,10,13-14,18-19,40H,8-9,11-12,15-17,31-32H2,1H3. The number of nitrogens with zero attached hydrogens (tertiary/aromatic N) is 6. The molecule has 1 aliphatic heterocycles. The first-order chi connectivity index (χ1) is 19.3. The van der Waals surface area contributed by atoms with Crippen LogP contribution in [0.5, 0.6) is 0 Å². The Labute approximate surface area is 237 Å². The van der Waals surface area contributed by atoms with Crippen LogP contribution in [0.2, 0.25) is 5.02 Å². The van der Waals surface area contributed by atoms with E-state index in [1.807, 2.05) is 53.2 Å². The van der Waals surface area contributed by atoms with Crippen molar-refractivity contribution in [3.05, 3.63) is 105 Å². The van der Waals surface area contributed by atoms with Gasteiger partial charge in [-0.2, -0.15) is 0 Å². The number of aliphatic imine (C=N–C) groups is 1. The van der Waals surface area contributed by atoms with Crippen LogP contribution >= 0.6 is 11.6 Å². The SMILES string of the molecule is CN=C(c1ccc(CN)cc1)c1ncn(CC2(O)CCN(Cc3ccc(-n4ccnc4)cc3Cl)CC2)c(=O)c1N. The van der Waals surface area contributed by atoms with Crippen LogP contribution in [0, 0.1) is 0 Å². The van der Waals surface area contributed by atoms with Gasteiger partial charge in [-0.25, -0.2) is 9.97 Å². The molecule has 0 unspecified atom stereocenters. The minimum absolute atomic E-state index is 0.000758. The minimum Gasteiger partial charge on any atom is -0.392 e. The molecule has 5 N–H and O–H groups in total. The Morgan fingerprint density at radius 3 is 2.52 bits per heavy atom. The molecule has 1 aliphatic rings. The smallest absolute Gasteiger partial charge is 0.277 e. The van der Waals surface area contributed by atoms with Crippen molar-refractivity contribution in [3.8, 4) is 5.69 Å². The van der Waals surface area contributed by atoms with Gasteiger partial charge in [-0.15, -0.1) is 0 Å². The van der Waals surface area contributed by atoms with Crippen LogP contribution < -0.4 is 17.0 Å². The predicted molar refractivity (Wildman–Crippen MR) is 157 cm³/mol. The number of nitrogen functional groups attached to an aromatic ring is 1. The number of aromatic nitrogens is 4. The second kappa shape index (κ2) is 11.7. The Bertz CT molecular complexity index is 1560. The van der Waals surface area contributed by atoms with Crippen molar-refractivity contribution in [2.75, 3.05) is 25.9 Å². The molecule has 11 heteroatoms. The lowest BCUT2D eigenvalue weighted by molar-refractivity contribution is -0.0365. The van der Waals surface area contributed by atoms with Gasteiger partial charge in [0.15, 0.2) is 0 Å². The van der Waals surface area contributed by atoms with E-state index in [-0.39, 0.29) is 12.2 Å². The van der Waals surface area contributed by atoms with E-state index in [0.29, 0.717) is 55.4 Å². The van der Waals surface area contributed by atoms with Gasteiger partial charge in [-0.05, 0) is 36.1 Å². The van der Waals surface area contributed by atoms with E-state index in [1.54, 1.807) is 19.6 Å². The third-order valence-electron chi connectivity index (χ3n) is 7.47. The summed E-state index contributed by atoms with van der Waals surface area (Å²) in [6.07, 6.45) is 7.78. The number of nitrogens with two attached hydrogens (primary N) is 2. The van der Waals surface area contributed by atoms with Crippen LogP contribution in [0.4, 0.5) is 5.69 Å². The maximum atomic E-state index is 13.2. The fourth-order valence-corrected chi connectivity index (χ4v) is 5.29. The van der Waals surface area contributed by atoms with Crippen molar-refractivity contribution in [2.24, 2.45) is 10.7 Å². The summed E-state index contributed by atoms with van der Waals surface area (Å²) in [5.41, 5.74) is 15.1. The van der Waals surface area contributed by atoms with Gasteiger partial charge >= 0.3 is 0 Å². The molecule has 2 aromatic heterocycles. The van der Waals surface area contributed by atoms with Crippen LogP contribution in [0.15, 0.2) is 77.3 Å². The maximum Gasteiger partial charge on any atom is 0.277 e. The van der Waals surface area contributed by atoms with Crippen LogP contribution in [0.3, 0.4) is 0 Å². The summed E-state index contributed by atoms with van der Waals surface area (Å²) in [5.74, 6) is 0. The zero-order chi connectivity index (χ0) is 28.3. The van der Waals surface area contributed by atoms with Crippen LogP contribution in [0.1, 0.15) is 35.2 Å². The first-order valence-corrected chi connectivity index (χ1v) is 13.5. The highest BCUT2D eigenvalue weighted by Gasteiger charge is 2.33. The predicted octanol–water partition coefficient (Wildman–Crippen LogP) is 2.62. The van der Waals surface area contributed by atoms with Gasteiger partial charge in [-0.1, -0.05) is 41.9 Å². The topological polar surface area (TPSA) is 141 Å². The highest BCUT2D eigenvalue weighted by Crippen LogP contribution is 2.27. The van der Waals surface area contributed by atoms with Crippen molar-refractivity contribution in [3.63, 3.8) is 0 Å². The molecule has 208 valence electrons. The van der Waals surface area contributed by atoms with Crippen LogP contribution in [0.25, 0.3) is 5.69 Å². The van der Waals surface area contributed by atoms with Gasteiger partial charge in [0.2, 0.25) is 0 Å². The highest BCUT2D eigenvalue weighted by molar-refractivity contribution is 6.31. The number of rotatable bonds is 8. The van der Waals surface area contributed by atoms with Gasteiger partial charge in [-0.3, -0.25) is 19.3 Å². The number of benzene rings is 2. The van der Waals surface area contributed by atoms with Crippen LogP contribution in [-0.4, -0.2) is 60.6 Å². The van der Waals surface area contributed by atoms with E-state index >= 15 is 0 Å². The van der Waals surface area contributed by atoms with Crippen molar-refractivity contribution in [2.45, 2.75) is 38.1 Å². The summed E-state index contributed by atoms with van der Waals surface area (Å²) in [6.45, 7) is 2.55. The molecule has 2 aromatic carbocycles. The molecule has 10 nitrogen and oxygen atoms in total. The molecule has 0 atom stereocenters. The second-order valence-electron chi connectivity index (χ2n) is 10.2. The van der Waals surface area contributed by atoms with E-state index in [9.17, 15) is 9.90 Å². The lowest BCUT2D eigenvalue weighted by atomic mass is 9.91. The van der Waals surface area contributed by atoms with Crippen LogP contribution in [-0.2, 0) is 19.6 Å². The van der Waals surface area contributed by atoms with E-state index in [4.69, 9.17) is 23.1 Å². The zero-order valence-corrected chi connectivity index (χ0v) is 23.1. The fraction of sp³-hybridized carbons (Fsp3) is 0.310. The monoisotopic (exact) mass is 560 g/mol. The zero-order valence-electron chi connectivity index (χ0n) is 22.4. The average Bonchev–Trinajstić information content (AvgIpc) is 3.51. The average molecular weight is 561 g/mol. The number of imidazole rings is 1. The Morgan fingerprint density at radius 1 is 1.15 bits per heavy atom. The maximum absolute atomic E-state index is 13.2. The summed E-state index contributed by atoms with van der Waals surface area (Å²) in [5, 5.41) is 12.0. The van der Waals surface area contributed by atoms with E-state index in [0.717, 1.165) is 22.4 Å². The molecule has 40 heavy (non-hydrogen) atoms. The molecule has 0 saturated carbocycles. The largest absolute Gasteiger partial charge is 0.392 e. The lowest BCUT2D eigenvalue weighted by Gasteiger charge is -2.38. The van der Waals surface area contributed by atoms with Gasteiger partial charge < -0.3 is 21.1 Å². The Kier molecular flexibility index (Phi) is 8.13. The second-order valence-corrected chi connectivity index (χ2v) is 10.6. The summed E-state index contributed by atoms with van der Waals surface area (Å²) in [7, 11) is 1.64. The van der Waals surface area contributed by atoms with Crippen molar-refractivity contribution < 1.29 is 5.11 Å². The molecular weight excluding hydrogens is 528 g/mol. The minimum atomic E-state index is -1.05. The molecule has 5 rings (SSSR count). The Balaban J connectivity index is 1.24. The van der Waals surface area contributed by atoms with Gasteiger partial charge in [0.05, 0.1) is 30.5 Å². The normalized spacial score (nSPS) is 15.8. The third kappa shape index (κ3) is 5.85. The van der Waals surface area contributed by atoms with E-state index < -0.39 is 11.2 Å². The third-order valence-corrected chi connectivity index (χ3v) is 7.82. The summed E-state index contributed by atoms with van der Waals surface area (Å²) in [4.78, 5) is 28.3. The molecule has 0 aliphatic carbocycles. The molecule has 3 heterocycles. The molecule has 1 saturated heterocycles. The van der Waals surface area contributed by atoms with Gasteiger partial charge in [0.25, 0.3) is 5.56 Å². The first kappa shape index (κ1) is 27.7. The highest BCUT2D eigenvalue weighted by atomic mass is 35.5. The Morgan fingerprint density at radius 2 is 1.90 bits per heavy atom. The lowest BCUT2D eigenvalue weighted by Crippen LogP contribution is -2.48.